The van der Waals surface area contributed by atoms with E-state index in [0.29, 0.717) is 13.0 Å². The number of likely N-dealkylation sites (tertiary alicyclic amines) is 1. The first-order valence-electron chi connectivity index (χ1n) is 7.71. The van der Waals surface area contributed by atoms with Crippen molar-refractivity contribution in [2.75, 3.05) is 6.54 Å². The van der Waals surface area contributed by atoms with E-state index in [1.807, 2.05) is 0 Å². The Bertz CT molecular complexity index is 862. The van der Waals surface area contributed by atoms with Gasteiger partial charge in [-0.2, -0.15) is 0 Å². The third-order valence-electron chi connectivity index (χ3n) is 4.18. The van der Waals surface area contributed by atoms with E-state index in [1.165, 1.54) is 29.2 Å². The van der Waals surface area contributed by atoms with Gasteiger partial charge < -0.3 is 9.69 Å². The van der Waals surface area contributed by atoms with E-state index < -0.39 is 21.8 Å². The maximum absolute atomic E-state index is 12.9. The second-order valence-electron chi connectivity index (χ2n) is 5.66. The number of aldehydes is 1. The Morgan fingerprint density at radius 1 is 1.04 bits per heavy atom. The maximum Gasteiger partial charge on any atom is 0.255 e. The zero-order chi connectivity index (χ0) is 17.2. The van der Waals surface area contributed by atoms with Gasteiger partial charge in [-0.3, -0.25) is 4.79 Å². The van der Waals surface area contributed by atoms with Gasteiger partial charge in [-0.15, -0.1) is 0 Å². The molecule has 0 aromatic heterocycles. The number of sulfone groups is 1. The normalized spacial score (nSPS) is 17.7. The fourth-order valence-electron chi connectivity index (χ4n) is 2.95. The van der Waals surface area contributed by atoms with Crippen molar-refractivity contribution in [3.05, 3.63) is 60.2 Å². The third kappa shape index (κ3) is 2.85. The number of rotatable bonds is 4. The standard InChI is InChI=1S/C18H17NO4S/c20-13-14-7-6-12-19(14)18(21)16-10-4-5-11-17(16)24(22,23)15-8-2-1-3-9-15/h1-5,8-11,13-14H,6-7,12H2. The molecule has 24 heavy (non-hydrogen) atoms. The maximum atomic E-state index is 12.9. The molecule has 0 aliphatic carbocycles. The van der Waals surface area contributed by atoms with Crippen LogP contribution >= 0.6 is 0 Å². The molecule has 1 aliphatic heterocycles. The smallest absolute Gasteiger partial charge is 0.255 e. The Balaban J connectivity index is 2.06. The van der Waals surface area contributed by atoms with Gasteiger partial charge in [0.15, 0.2) is 0 Å². The van der Waals surface area contributed by atoms with Crippen molar-refractivity contribution in [3.8, 4) is 0 Å². The van der Waals surface area contributed by atoms with Crippen LogP contribution < -0.4 is 0 Å². The highest BCUT2D eigenvalue weighted by Crippen LogP contribution is 2.27. The average Bonchev–Trinajstić information content (AvgIpc) is 3.10. The Labute approximate surface area is 140 Å². The summed E-state index contributed by atoms with van der Waals surface area (Å²) in [7, 11) is -3.80. The molecule has 0 spiro atoms. The first kappa shape index (κ1) is 16.4. The summed E-state index contributed by atoms with van der Waals surface area (Å²) in [6.07, 6.45) is 2.10. The van der Waals surface area contributed by atoms with Crippen LogP contribution in [0.4, 0.5) is 0 Å². The van der Waals surface area contributed by atoms with Gasteiger partial charge in [0.05, 0.1) is 21.4 Å². The molecule has 5 nitrogen and oxygen atoms in total. The summed E-state index contributed by atoms with van der Waals surface area (Å²) < 4.78 is 25.8. The number of carbonyl (C=O) groups is 2. The molecule has 3 rings (SSSR count). The highest BCUT2D eigenvalue weighted by Gasteiger charge is 2.32. The molecule has 0 bridgehead atoms. The third-order valence-corrected chi connectivity index (χ3v) is 6.01. The number of nitrogens with zero attached hydrogens (tertiary/aromatic N) is 1. The zero-order valence-corrected chi connectivity index (χ0v) is 13.8. The second-order valence-corrected chi connectivity index (χ2v) is 7.57. The summed E-state index contributed by atoms with van der Waals surface area (Å²) in [5.41, 5.74) is 0.107. The number of hydrogen-bond acceptors (Lipinski definition) is 4. The number of hydrogen-bond donors (Lipinski definition) is 0. The zero-order valence-electron chi connectivity index (χ0n) is 13.0. The predicted octanol–water partition coefficient (Wildman–Crippen LogP) is 2.32. The number of carbonyl (C=O) groups excluding carboxylic acids is 2. The fourth-order valence-corrected chi connectivity index (χ4v) is 4.42. The largest absolute Gasteiger partial charge is 0.329 e. The lowest BCUT2D eigenvalue weighted by Crippen LogP contribution is -2.37. The van der Waals surface area contributed by atoms with Crippen LogP contribution in [-0.2, 0) is 14.6 Å². The van der Waals surface area contributed by atoms with Crippen molar-refractivity contribution >= 4 is 22.0 Å². The van der Waals surface area contributed by atoms with E-state index >= 15 is 0 Å². The molecule has 1 amide bonds. The average molecular weight is 343 g/mol. The summed E-state index contributed by atoms with van der Waals surface area (Å²) >= 11 is 0. The lowest BCUT2D eigenvalue weighted by Gasteiger charge is -2.21. The Hall–Kier alpha value is -2.47. The minimum atomic E-state index is -3.80. The van der Waals surface area contributed by atoms with Gasteiger partial charge in [0.25, 0.3) is 5.91 Å². The Kier molecular flexibility index (Phi) is 4.49. The van der Waals surface area contributed by atoms with Crippen LogP contribution in [-0.4, -0.2) is 38.1 Å². The molecule has 0 radical (unpaired) electrons. The molecular weight excluding hydrogens is 326 g/mol. The molecule has 1 saturated heterocycles. The van der Waals surface area contributed by atoms with Crippen molar-refractivity contribution in [1.29, 1.82) is 0 Å². The molecule has 1 aliphatic rings. The van der Waals surface area contributed by atoms with Crippen LogP contribution in [0.3, 0.4) is 0 Å². The molecule has 1 unspecified atom stereocenters. The first-order valence-corrected chi connectivity index (χ1v) is 9.19. The van der Waals surface area contributed by atoms with Gasteiger partial charge in [0, 0.05) is 6.54 Å². The summed E-state index contributed by atoms with van der Waals surface area (Å²) in [6, 6.07) is 13.7. The van der Waals surface area contributed by atoms with Crippen LogP contribution in [0.15, 0.2) is 64.4 Å². The number of amides is 1. The van der Waals surface area contributed by atoms with Crippen molar-refractivity contribution < 1.29 is 18.0 Å². The van der Waals surface area contributed by atoms with Crippen LogP contribution in [0.1, 0.15) is 23.2 Å². The first-order chi connectivity index (χ1) is 11.6. The van der Waals surface area contributed by atoms with Crippen LogP contribution in [0.25, 0.3) is 0 Å². The molecule has 0 N–H and O–H groups in total. The fraction of sp³-hybridized carbons (Fsp3) is 0.222. The van der Waals surface area contributed by atoms with Crippen molar-refractivity contribution in [2.45, 2.75) is 28.7 Å². The van der Waals surface area contributed by atoms with Gasteiger partial charge in [-0.05, 0) is 37.1 Å². The number of benzene rings is 2. The predicted molar refractivity (Wildman–Crippen MR) is 88.5 cm³/mol. The van der Waals surface area contributed by atoms with Gasteiger partial charge in [-0.1, -0.05) is 30.3 Å². The monoisotopic (exact) mass is 343 g/mol. The van der Waals surface area contributed by atoms with Crippen LogP contribution in [0.5, 0.6) is 0 Å². The molecule has 1 fully saturated rings. The van der Waals surface area contributed by atoms with Gasteiger partial charge in [0.2, 0.25) is 9.84 Å². The van der Waals surface area contributed by atoms with Crippen LogP contribution in [0, 0.1) is 0 Å². The quantitative estimate of drug-likeness (QED) is 0.799. The molecule has 0 saturated carbocycles. The molecule has 1 atom stereocenters. The van der Waals surface area contributed by atoms with Gasteiger partial charge in [-0.25, -0.2) is 8.42 Å². The molecule has 1 heterocycles. The minimum Gasteiger partial charge on any atom is -0.329 e. The summed E-state index contributed by atoms with van der Waals surface area (Å²) in [5.74, 6) is -0.417. The van der Waals surface area contributed by atoms with Crippen LogP contribution in [0.2, 0.25) is 0 Å². The van der Waals surface area contributed by atoms with Gasteiger partial charge in [0.1, 0.15) is 6.29 Å². The molecule has 124 valence electrons. The molecule has 2 aromatic carbocycles. The topological polar surface area (TPSA) is 71.5 Å². The Morgan fingerprint density at radius 3 is 2.42 bits per heavy atom. The van der Waals surface area contributed by atoms with Gasteiger partial charge >= 0.3 is 0 Å². The SMILES string of the molecule is O=CC1CCCN1C(=O)c1ccccc1S(=O)(=O)c1ccccc1. The lowest BCUT2D eigenvalue weighted by molar-refractivity contribution is -0.111. The summed E-state index contributed by atoms with van der Waals surface area (Å²) in [5, 5.41) is 0. The van der Waals surface area contributed by atoms with E-state index in [1.54, 1.807) is 30.3 Å². The second kappa shape index (κ2) is 6.57. The highest BCUT2D eigenvalue weighted by atomic mass is 32.2. The van der Waals surface area contributed by atoms with Crippen molar-refractivity contribution in [1.82, 2.24) is 4.90 Å². The summed E-state index contributed by atoms with van der Waals surface area (Å²) in [4.78, 5) is 25.5. The summed E-state index contributed by atoms with van der Waals surface area (Å²) in [6.45, 7) is 0.460. The van der Waals surface area contributed by atoms with Crippen molar-refractivity contribution in [3.63, 3.8) is 0 Å². The van der Waals surface area contributed by atoms with E-state index in [-0.39, 0.29) is 15.4 Å². The van der Waals surface area contributed by atoms with Crippen molar-refractivity contribution in [2.24, 2.45) is 0 Å². The Morgan fingerprint density at radius 2 is 1.71 bits per heavy atom. The minimum absolute atomic E-state index is 0.0299. The molecule has 2 aromatic rings. The molecular formula is C18H17NO4S. The van der Waals surface area contributed by atoms with E-state index in [9.17, 15) is 18.0 Å². The lowest BCUT2D eigenvalue weighted by atomic mass is 10.2. The van der Waals surface area contributed by atoms with E-state index in [0.717, 1.165) is 12.7 Å². The molecule has 6 heteroatoms. The highest BCUT2D eigenvalue weighted by molar-refractivity contribution is 7.91. The van der Waals surface area contributed by atoms with E-state index in [4.69, 9.17) is 0 Å². The van der Waals surface area contributed by atoms with E-state index in [2.05, 4.69) is 0 Å².